The first-order valence-electron chi connectivity index (χ1n) is 13.2. The summed E-state index contributed by atoms with van der Waals surface area (Å²) in [7, 11) is 1.64. The van der Waals surface area contributed by atoms with Gasteiger partial charge in [0.15, 0.2) is 22.3 Å². The maximum absolute atomic E-state index is 13.0. The number of nitrogens with zero attached hydrogens (tertiary/aromatic N) is 4. The van der Waals surface area contributed by atoms with Gasteiger partial charge in [0.05, 0.1) is 30.7 Å². The van der Waals surface area contributed by atoms with E-state index >= 15 is 0 Å². The monoisotopic (exact) mass is 579 g/mol. The molecule has 9 nitrogen and oxygen atoms in total. The molecule has 2 aliphatic rings. The second kappa shape index (κ2) is 12.7. The molecule has 1 fully saturated rings. The van der Waals surface area contributed by atoms with Crippen molar-refractivity contribution in [3.05, 3.63) is 76.6 Å². The van der Waals surface area contributed by atoms with Crippen LogP contribution in [0.4, 0.5) is 10.5 Å². The van der Waals surface area contributed by atoms with Crippen LogP contribution in [0.15, 0.2) is 59.7 Å². The van der Waals surface area contributed by atoms with E-state index in [1.807, 2.05) is 30.3 Å². The minimum Gasteiger partial charge on any atom is -0.493 e. The molecule has 1 saturated carbocycles. The Kier molecular flexibility index (Phi) is 8.86. The topological polar surface area (TPSA) is 106 Å². The zero-order valence-electron chi connectivity index (χ0n) is 22.3. The third kappa shape index (κ3) is 6.56. The predicted molar refractivity (Wildman–Crippen MR) is 156 cm³/mol. The number of methoxy groups -OCH3 is 1. The highest BCUT2D eigenvalue weighted by Gasteiger charge is 2.31. The van der Waals surface area contributed by atoms with Crippen LogP contribution in [-0.4, -0.2) is 50.5 Å². The summed E-state index contributed by atoms with van der Waals surface area (Å²) in [6, 6.07) is 16.1. The predicted octanol–water partition coefficient (Wildman–Crippen LogP) is 6.56. The zero-order chi connectivity index (χ0) is 28.1. The van der Waals surface area contributed by atoms with Gasteiger partial charge in [-0.15, -0.1) is 10.2 Å². The minimum absolute atomic E-state index is 0.0648. The molecule has 208 valence electrons. The highest BCUT2D eigenvalue weighted by Crippen LogP contribution is 2.36. The normalized spacial score (nSPS) is 17.5. The highest BCUT2D eigenvalue weighted by molar-refractivity contribution is 8.14. The summed E-state index contributed by atoms with van der Waals surface area (Å²) >= 11 is 7.02. The number of benzene rings is 2. The number of anilines is 1. The number of thioether (sulfide) groups is 1. The number of aromatic nitrogens is 2. The smallest absolute Gasteiger partial charge is 0.302 e. The van der Waals surface area contributed by atoms with Gasteiger partial charge in [-0.05, 0) is 80.1 Å². The standard InChI is InChI=1S/C29H30ClN5O4S/c1-3-25-27(19-10-14-23(38-2)24(16-19)39-21-6-4-5-7-21)34-35(29(37)40-25)17-18-8-11-20(12-9-18)31-28(36)22-13-15-26(30)33-32-22/h8-16,21,25H,3-7,17H2,1-2H3,(H,31,36). The third-order valence-corrected chi connectivity index (χ3v) is 8.28. The SMILES string of the molecule is CCC1SC(=O)N(Cc2ccc(NC(=O)c3ccc(Cl)nn3)cc2)N=C1c1ccc(OC)c(OC2CCCC2)c1. The van der Waals surface area contributed by atoms with Gasteiger partial charge < -0.3 is 14.8 Å². The summed E-state index contributed by atoms with van der Waals surface area (Å²) in [6.07, 6.45) is 5.40. The first kappa shape index (κ1) is 27.9. The molecule has 1 N–H and O–H groups in total. The van der Waals surface area contributed by atoms with Crippen molar-refractivity contribution in [2.24, 2.45) is 5.10 Å². The van der Waals surface area contributed by atoms with Crippen molar-refractivity contribution in [2.45, 2.75) is 56.9 Å². The van der Waals surface area contributed by atoms with Crippen molar-refractivity contribution in [2.75, 3.05) is 12.4 Å². The van der Waals surface area contributed by atoms with Crippen LogP contribution in [0.1, 0.15) is 60.6 Å². The number of hydrogen-bond donors (Lipinski definition) is 1. The second-order valence-corrected chi connectivity index (χ2v) is 11.1. The molecule has 2 aromatic carbocycles. The summed E-state index contributed by atoms with van der Waals surface area (Å²) in [5.74, 6) is 1.01. The van der Waals surface area contributed by atoms with Crippen molar-refractivity contribution in [1.82, 2.24) is 15.2 Å². The summed E-state index contributed by atoms with van der Waals surface area (Å²) in [4.78, 5) is 25.4. The van der Waals surface area contributed by atoms with Crippen molar-refractivity contribution >= 4 is 45.9 Å². The quantitative estimate of drug-likeness (QED) is 0.306. The number of nitrogens with one attached hydrogen (secondary N) is 1. The summed E-state index contributed by atoms with van der Waals surface area (Å²) < 4.78 is 11.9. The molecule has 2 heterocycles. The molecule has 1 atom stereocenters. The lowest BCUT2D eigenvalue weighted by atomic mass is 10.0. The molecule has 0 bridgehead atoms. The Balaban J connectivity index is 1.32. The van der Waals surface area contributed by atoms with Gasteiger partial charge >= 0.3 is 5.24 Å². The van der Waals surface area contributed by atoms with E-state index in [4.69, 9.17) is 26.2 Å². The number of hydrogen-bond acceptors (Lipinski definition) is 8. The van der Waals surface area contributed by atoms with Gasteiger partial charge in [-0.1, -0.05) is 42.4 Å². The molecule has 2 amide bonds. The Hall–Kier alpha value is -3.63. The van der Waals surface area contributed by atoms with Gasteiger partial charge in [0.25, 0.3) is 5.91 Å². The molecule has 5 rings (SSSR count). The van der Waals surface area contributed by atoms with Gasteiger partial charge in [0.1, 0.15) is 0 Å². The lowest BCUT2D eigenvalue weighted by Crippen LogP contribution is -2.34. The largest absolute Gasteiger partial charge is 0.493 e. The Morgan fingerprint density at radius 3 is 2.52 bits per heavy atom. The van der Waals surface area contributed by atoms with E-state index < -0.39 is 5.91 Å². The van der Waals surface area contributed by atoms with E-state index in [2.05, 4.69) is 22.4 Å². The van der Waals surface area contributed by atoms with Crippen molar-refractivity contribution in [1.29, 1.82) is 0 Å². The number of halogens is 1. The molecule has 1 aliphatic heterocycles. The van der Waals surface area contributed by atoms with E-state index in [0.717, 1.165) is 36.1 Å². The Morgan fingerprint density at radius 2 is 1.85 bits per heavy atom. The molecule has 3 aromatic rings. The number of amides is 2. The Labute approximate surface area is 242 Å². The fourth-order valence-corrected chi connectivity index (χ4v) is 5.74. The van der Waals surface area contributed by atoms with Crippen LogP contribution in [0.3, 0.4) is 0 Å². The second-order valence-electron chi connectivity index (χ2n) is 9.61. The van der Waals surface area contributed by atoms with Gasteiger partial charge in [0, 0.05) is 11.3 Å². The fraction of sp³-hybridized carbons (Fsp3) is 0.345. The van der Waals surface area contributed by atoms with Crippen LogP contribution in [-0.2, 0) is 6.54 Å². The third-order valence-electron chi connectivity index (χ3n) is 6.82. The number of hydrazone groups is 1. The number of carbonyl (C=O) groups is 2. The molecular weight excluding hydrogens is 550 g/mol. The summed E-state index contributed by atoms with van der Waals surface area (Å²) in [5, 5.41) is 16.6. The molecule has 0 radical (unpaired) electrons. The number of carbonyl (C=O) groups excluding carboxylic acids is 2. The van der Waals surface area contributed by atoms with Crippen molar-refractivity contribution < 1.29 is 19.1 Å². The Bertz CT molecular complexity index is 1390. The van der Waals surface area contributed by atoms with Crippen LogP contribution in [0.25, 0.3) is 0 Å². The van der Waals surface area contributed by atoms with E-state index in [1.165, 1.54) is 41.7 Å². The summed E-state index contributed by atoms with van der Waals surface area (Å²) in [5.41, 5.74) is 3.37. The van der Waals surface area contributed by atoms with Crippen molar-refractivity contribution in [3.8, 4) is 11.5 Å². The van der Waals surface area contributed by atoms with E-state index in [-0.39, 0.29) is 27.4 Å². The van der Waals surface area contributed by atoms with Gasteiger partial charge in [-0.25, -0.2) is 5.01 Å². The molecule has 1 unspecified atom stereocenters. The van der Waals surface area contributed by atoms with E-state index in [9.17, 15) is 9.59 Å². The average molecular weight is 580 g/mol. The summed E-state index contributed by atoms with van der Waals surface area (Å²) in [6.45, 7) is 2.35. The van der Waals surface area contributed by atoms with Crippen LogP contribution < -0.4 is 14.8 Å². The molecular formula is C29H30ClN5O4S. The zero-order valence-corrected chi connectivity index (χ0v) is 23.9. The van der Waals surface area contributed by atoms with Crippen molar-refractivity contribution in [3.63, 3.8) is 0 Å². The molecule has 11 heteroatoms. The lowest BCUT2D eigenvalue weighted by Gasteiger charge is -2.29. The van der Waals surface area contributed by atoms with Gasteiger partial charge in [-0.3, -0.25) is 9.59 Å². The van der Waals surface area contributed by atoms with Gasteiger partial charge in [-0.2, -0.15) is 5.10 Å². The molecule has 0 spiro atoms. The van der Waals surface area contributed by atoms with Crippen LogP contribution in [0, 0.1) is 0 Å². The maximum Gasteiger partial charge on any atom is 0.302 e. The average Bonchev–Trinajstić information content (AvgIpc) is 3.48. The maximum atomic E-state index is 13.0. The molecule has 1 aliphatic carbocycles. The van der Waals surface area contributed by atoms with Crippen LogP contribution in [0.2, 0.25) is 5.15 Å². The first-order chi connectivity index (χ1) is 19.4. The van der Waals surface area contributed by atoms with Crippen LogP contribution in [0.5, 0.6) is 11.5 Å². The molecule has 0 saturated heterocycles. The van der Waals surface area contributed by atoms with Gasteiger partial charge in [0.2, 0.25) is 0 Å². The Morgan fingerprint density at radius 1 is 1.07 bits per heavy atom. The first-order valence-corrected chi connectivity index (χ1v) is 14.5. The minimum atomic E-state index is -0.393. The fourth-order valence-electron chi connectivity index (χ4n) is 4.71. The molecule has 1 aromatic heterocycles. The van der Waals surface area contributed by atoms with Crippen LogP contribution >= 0.6 is 23.4 Å². The lowest BCUT2D eigenvalue weighted by molar-refractivity contribution is 0.102. The number of ether oxygens (including phenoxy) is 2. The van der Waals surface area contributed by atoms with E-state index in [1.54, 1.807) is 19.2 Å². The van der Waals surface area contributed by atoms with E-state index in [0.29, 0.717) is 23.7 Å². The molecule has 40 heavy (non-hydrogen) atoms. The highest BCUT2D eigenvalue weighted by atomic mass is 35.5. The number of rotatable bonds is 9.